The molecule has 1 rings (SSSR count). The molecule has 6 heteroatoms. The predicted octanol–water partition coefficient (Wildman–Crippen LogP) is 1.79. The molecule has 0 amide bonds. The van der Waals surface area contributed by atoms with E-state index in [-0.39, 0.29) is 17.9 Å². The second-order valence-corrected chi connectivity index (χ2v) is 5.30. The molecule has 16 heavy (non-hydrogen) atoms. The summed E-state index contributed by atoms with van der Waals surface area (Å²) >= 11 is 0. The Morgan fingerprint density at radius 3 is 2.56 bits per heavy atom. The Labute approximate surface area is 93.5 Å². The van der Waals surface area contributed by atoms with Crippen LogP contribution >= 0.6 is 0 Å². The number of rotatable bonds is 5. The van der Waals surface area contributed by atoms with Gasteiger partial charge in [-0.1, -0.05) is 13.0 Å². The summed E-state index contributed by atoms with van der Waals surface area (Å²) in [6.45, 7) is 1.58. The summed E-state index contributed by atoms with van der Waals surface area (Å²) in [6, 6.07) is 3.04. The molecule has 3 nitrogen and oxygen atoms in total. The molecule has 0 saturated carbocycles. The van der Waals surface area contributed by atoms with E-state index in [0.29, 0.717) is 6.42 Å². The van der Waals surface area contributed by atoms with E-state index in [0.717, 1.165) is 12.1 Å². The largest absolute Gasteiger partial charge is 0.212 e. The van der Waals surface area contributed by atoms with Gasteiger partial charge in [-0.25, -0.2) is 21.9 Å². The smallest absolute Gasteiger partial charge is 0.211 e. The van der Waals surface area contributed by atoms with Crippen molar-refractivity contribution in [2.45, 2.75) is 19.9 Å². The molecule has 0 unspecified atom stereocenters. The van der Waals surface area contributed by atoms with Gasteiger partial charge in [0.05, 0.1) is 5.75 Å². The highest BCUT2D eigenvalue weighted by Gasteiger charge is 2.10. The van der Waals surface area contributed by atoms with Crippen LogP contribution in [0.3, 0.4) is 0 Å². The lowest BCUT2D eigenvalue weighted by Crippen LogP contribution is -2.26. The molecule has 0 saturated heterocycles. The van der Waals surface area contributed by atoms with E-state index < -0.39 is 21.7 Å². The molecule has 1 N–H and O–H groups in total. The highest BCUT2D eigenvalue weighted by atomic mass is 32.2. The average molecular weight is 249 g/mol. The number of nitrogens with one attached hydrogen (secondary N) is 1. The molecule has 1 aromatic carbocycles. The van der Waals surface area contributed by atoms with Gasteiger partial charge in [0.2, 0.25) is 10.0 Å². The van der Waals surface area contributed by atoms with Crippen LogP contribution in [0.2, 0.25) is 0 Å². The summed E-state index contributed by atoms with van der Waals surface area (Å²) in [7, 11) is -3.37. The third-order valence-electron chi connectivity index (χ3n) is 1.97. The molecule has 0 aromatic heterocycles. The third kappa shape index (κ3) is 3.86. The van der Waals surface area contributed by atoms with Gasteiger partial charge in [-0.3, -0.25) is 0 Å². The van der Waals surface area contributed by atoms with Crippen LogP contribution in [-0.2, 0) is 16.6 Å². The van der Waals surface area contributed by atoms with Crippen LogP contribution in [0.25, 0.3) is 0 Å². The lowest BCUT2D eigenvalue weighted by atomic mass is 10.2. The van der Waals surface area contributed by atoms with Crippen LogP contribution in [0.15, 0.2) is 18.2 Å². The number of halogens is 2. The Morgan fingerprint density at radius 1 is 1.31 bits per heavy atom. The summed E-state index contributed by atoms with van der Waals surface area (Å²) in [4.78, 5) is 0. The molecule has 0 spiro atoms. The molecule has 0 bridgehead atoms. The molecule has 0 radical (unpaired) electrons. The van der Waals surface area contributed by atoms with Crippen molar-refractivity contribution >= 4 is 10.0 Å². The SMILES string of the molecule is CCCS(=O)(=O)NCc1ccc(F)cc1F. The summed E-state index contributed by atoms with van der Waals surface area (Å²) < 4.78 is 50.5. The second kappa shape index (κ2) is 5.36. The van der Waals surface area contributed by atoms with Crippen LogP contribution in [0.5, 0.6) is 0 Å². The maximum absolute atomic E-state index is 13.1. The predicted molar refractivity (Wildman–Crippen MR) is 57.3 cm³/mol. The molecular weight excluding hydrogens is 236 g/mol. The fourth-order valence-electron chi connectivity index (χ4n) is 1.19. The number of hydrogen-bond donors (Lipinski definition) is 1. The van der Waals surface area contributed by atoms with Crippen LogP contribution in [0, 0.1) is 11.6 Å². The first-order valence-electron chi connectivity index (χ1n) is 4.86. The van der Waals surface area contributed by atoms with E-state index in [1.54, 1.807) is 6.92 Å². The van der Waals surface area contributed by atoms with Gasteiger partial charge >= 0.3 is 0 Å². The Hall–Kier alpha value is -1.01. The average Bonchev–Trinajstić information content (AvgIpc) is 2.16. The molecule has 1 aromatic rings. The van der Waals surface area contributed by atoms with E-state index >= 15 is 0 Å². The Bertz CT molecular complexity index is 460. The molecule has 90 valence electrons. The zero-order valence-corrected chi connectivity index (χ0v) is 9.65. The highest BCUT2D eigenvalue weighted by Crippen LogP contribution is 2.09. The minimum absolute atomic E-state index is 0.00415. The third-order valence-corrected chi connectivity index (χ3v) is 3.50. The van der Waals surface area contributed by atoms with E-state index in [1.807, 2.05) is 0 Å². The van der Waals surface area contributed by atoms with Crippen molar-refractivity contribution < 1.29 is 17.2 Å². The lowest BCUT2D eigenvalue weighted by Gasteiger charge is -2.06. The van der Waals surface area contributed by atoms with Gasteiger partial charge in [0.25, 0.3) is 0 Å². The zero-order valence-electron chi connectivity index (χ0n) is 8.83. The molecule has 0 fully saturated rings. The quantitative estimate of drug-likeness (QED) is 0.864. The first kappa shape index (κ1) is 13.1. The van der Waals surface area contributed by atoms with Crippen molar-refractivity contribution in [1.29, 1.82) is 0 Å². The second-order valence-electron chi connectivity index (χ2n) is 3.38. The normalized spacial score (nSPS) is 11.7. The first-order valence-corrected chi connectivity index (χ1v) is 6.51. The van der Waals surface area contributed by atoms with Crippen LogP contribution in [0.1, 0.15) is 18.9 Å². The molecule has 0 heterocycles. The van der Waals surface area contributed by atoms with Gasteiger partial charge in [-0.2, -0.15) is 0 Å². The Balaban J connectivity index is 2.68. The van der Waals surface area contributed by atoms with Crippen molar-refractivity contribution in [2.75, 3.05) is 5.75 Å². The van der Waals surface area contributed by atoms with Crippen LogP contribution < -0.4 is 4.72 Å². The van der Waals surface area contributed by atoms with Crippen LogP contribution in [0.4, 0.5) is 8.78 Å². The molecule has 0 aliphatic carbocycles. The molecule has 0 aliphatic rings. The lowest BCUT2D eigenvalue weighted by molar-refractivity contribution is 0.562. The van der Waals surface area contributed by atoms with Gasteiger partial charge in [0.15, 0.2) is 0 Å². The van der Waals surface area contributed by atoms with Gasteiger partial charge in [0, 0.05) is 18.2 Å². The minimum atomic E-state index is -3.37. The number of hydrogen-bond acceptors (Lipinski definition) is 2. The Kier molecular flexibility index (Phi) is 4.37. The van der Waals surface area contributed by atoms with Gasteiger partial charge in [-0.05, 0) is 12.5 Å². The van der Waals surface area contributed by atoms with Crippen LogP contribution in [-0.4, -0.2) is 14.2 Å². The monoisotopic (exact) mass is 249 g/mol. The van der Waals surface area contributed by atoms with Gasteiger partial charge < -0.3 is 0 Å². The fourth-order valence-corrected chi connectivity index (χ4v) is 2.25. The van der Waals surface area contributed by atoms with E-state index in [4.69, 9.17) is 0 Å². The summed E-state index contributed by atoms with van der Waals surface area (Å²) in [6.07, 6.45) is 0.487. The highest BCUT2D eigenvalue weighted by molar-refractivity contribution is 7.89. The topological polar surface area (TPSA) is 46.2 Å². The fraction of sp³-hybridized carbons (Fsp3) is 0.400. The van der Waals surface area contributed by atoms with Gasteiger partial charge in [0.1, 0.15) is 11.6 Å². The molecule has 0 aliphatic heterocycles. The zero-order chi connectivity index (χ0) is 12.2. The van der Waals surface area contributed by atoms with Crippen molar-refractivity contribution in [3.63, 3.8) is 0 Å². The number of benzene rings is 1. The van der Waals surface area contributed by atoms with Gasteiger partial charge in [-0.15, -0.1) is 0 Å². The van der Waals surface area contributed by atoms with Crippen molar-refractivity contribution in [2.24, 2.45) is 0 Å². The van der Waals surface area contributed by atoms with Crippen molar-refractivity contribution in [1.82, 2.24) is 4.72 Å². The number of sulfonamides is 1. The first-order chi connectivity index (χ1) is 7.44. The summed E-state index contributed by atoms with van der Waals surface area (Å²) in [5.74, 6) is -1.44. The van der Waals surface area contributed by atoms with E-state index in [9.17, 15) is 17.2 Å². The summed E-state index contributed by atoms with van der Waals surface area (Å²) in [5, 5.41) is 0. The molecular formula is C10H13F2NO2S. The van der Waals surface area contributed by atoms with E-state index in [2.05, 4.69) is 4.72 Å². The maximum atomic E-state index is 13.1. The van der Waals surface area contributed by atoms with Crippen molar-refractivity contribution in [3.05, 3.63) is 35.4 Å². The summed E-state index contributed by atoms with van der Waals surface area (Å²) in [5.41, 5.74) is 0.126. The van der Waals surface area contributed by atoms with E-state index in [1.165, 1.54) is 6.07 Å². The Morgan fingerprint density at radius 2 is 2.00 bits per heavy atom. The minimum Gasteiger partial charge on any atom is -0.212 e. The standard InChI is InChI=1S/C10H13F2NO2S/c1-2-5-16(14,15)13-7-8-3-4-9(11)6-10(8)12/h3-4,6,13H,2,5,7H2,1H3. The maximum Gasteiger partial charge on any atom is 0.211 e. The van der Waals surface area contributed by atoms with Crippen molar-refractivity contribution in [3.8, 4) is 0 Å². The molecule has 0 atom stereocenters.